The molecule has 1 fully saturated rings. The van der Waals surface area contributed by atoms with Crippen LogP contribution in [0.1, 0.15) is 46.0 Å². The van der Waals surface area contributed by atoms with E-state index in [1.165, 1.54) is 0 Å². The fraction of sp³-hybridized carbons (Fsp3) is 0.923. The van der Waals surface area contributed by atoms with Gasteiger partial charge in [0.2, 0.25) is 0 Å². The van der Waals surface area contributed by atoms with Gasteiger partial charge >= 0.3 is 5.97 Å². The molecule has 0 aromatic rings. The summed E-state index contributed by atoms with van der Waals surface area (Å²) in [7, 11) is 0. The molecule has 0 unspecified atom stereocenters. The highest BCUT2D eigenvalue weighted by molar-refractivity contribution is 5.78. The molecular weight excluding hydrogens is 218 g/mol. The number of ether oxygens (including phenoxy) is 1. The lowest BCUT2D eigenvalue weighted by Gasteiger charge is -2.37. The highest BCUT2D eigenvalue weighted by Crippen LogP contribution is 2.33. The molecule has 1 aliphatic rings. The monoisotopic (exact) mass is 243 g/mol. The molecule has 17 heavy (non-hydrogen) atoms. The number of nitrogens with one attached hydrogen (secondary N) is 1. The van der Waals surface area contributed by atoms with Crippen LogP contribution in [0.3, 0.4) is 0 Å². The quantitative estimate of drug-likeness (QED) is 0.672. The average Bonchev–Trinajstić information content (AvgIpc) is 2.35. The predicted octanol–water partition coefficient (Wildman–Crippen LogP) is 2.04. The van der Waals surface area contributed by atoms with Gasteiger partial charge in [0, 0.05) is 13.2 Å². The molecule has 4 heteroatoms. The first kappa shape index (κ1) is 14.5. The Morgan fingerprint density at radius 1 is 1.41 bits per heavy atom. The highest BCUT2D eigenvalue weighted by Gasteiger charge is 2.40. The van der Waals surface area contributed by atoms with Gasteiger partial charge in [-0.05, 0) is 38.5 Å². The van der Waals surface area contributed by atoms with Crippen molar-refractivity contribution in [1.29, 1.82) is 0 Å². The van der Waals surface area contributed by atoms with Crippen molar-refractivity contribution in [2.45, 2.75) is 51.5 Å². The van der Waals surface area contributed by atoms with Gasteiger partial charge in [0.15, 0.2) is 0 Å². The third kappa shape index (κ3) is 3.96. The third-order valence-corrected chi connectivity index (χ3v) is 3.86. The highest BCUT2D eigenvalue weighted by atomic mass is 16.5. The molecule has 4 nitrogen and oxygen atoms in total. The summed E-state index contributed by atoms with van der Waals surface area (Å²) in [5, 5.41) is 12.6. The molecule has 1 rings (SSSR count). The second-order valence-corrected chi connectivity index (χ2v) is 4.86. The van der Waals surface area contributed by atoms with E-state index in [1.807, 2.05) is 6.92 Å². The second-order valence-electron chi connectivity index (χ2n) is 4.86. The molecular formula is C13H25NO3. The summed E-state index contributed by atoms with van der Waals surface area (Å²) in [6.45, 7) is 6.01. The smallest absolute Gasteiger partial charge is 0.323 e. The topological polar surface area (TPSA) is 58.6 Å². The Kier molecular flexibility index (Phi) is 5.92. The molecule has 0 amide bonds. The number of hydrogen-bond donors (Lipinski definition) is 2. The van der Waals surface area contributed by atoms with Crippen LogP contribution in [0.15, 0.2) is 0 Å². The summed E-state index contributed by atoms with van der Waals surface area (Å²) in [5.74, 6) is -0.000261. The molecule has 0 radical (unpaired) electrons. The zero-order chi connectivity index (χ0) is 12.7. The van der Waals surface area contributed by atoms with Gasteiger partial charge in [0.25, 0.3) is 0 Å². The Morgan fingerprint density at radius 2 is 2.06 bits per heavy atom. The number of aliphatic carboxylic acids is 1. The van der Waals surface area contributed by atoms with Crippen LogP contribution in [0.2, 0.25) is 0 Å². The molecule has 0 aromatic heterocycles. The first-order valence-electron chi connectivity index (χ1n) is 6.70. The molecule has 0 bridgehead atoms. The first-order valence-corrected chi connectivity index (χ1v) is 6.70. The third-order valence-electron chi connectivity index (χ3n) is 3.86. The van der Waals surface area contributed by atoms with Crippen molar-refractivity contribution in [1.82, 2.24) is 5.32 Å². The van der Waals surface area contributed by atoms with Gasteiger partial charge in [-0.15, -0.1) is 0 Å². The van der Waals surface area contributed by atoms with Gasteiger partial charge in [-0.2, -0.15) is 0 Å². The maximum atomic E-state index is 11.4. The Morgan fingerprint density at radius 3 is 2.53 bits per heavy atom. The summed E-state index contributed by atoms with van der Waals surface area (Å²) < 4.78 is 5.24. The molecule has 100 valence electrons. The molecule has 1 saturated carbocycles. The Hall–Kier alpha value is -0.610. The van der Waals surface area contributed by atoms with Crippen molar-refractivity contribution in [2.24, 2.45) is 5.92 Å². The SMILES string of the molecule is CCOCCNC1(C(=O)O)CCC(CC)CC1. The van der Waals surface area contributed by atoms with Crippen molar-refractivity contribution in [3.05, 3.63) is 0 Å². The number of carboxylic acids is 1. The van der Waals surface area contributed by atoms with E-state index in [0.717, 1.165) is 32.1 Å². The zero-order valence-electron chi connectivity index (χ0n) is 11.0. The number of hydrogen-bond acceptors (Lipinski definition) is 3. The fourth-order valence-electron chi connectivity index (χ4n) is 2.55. The first-order chi connectivity index (χ1) is 8.14. The predicted molar refractivity (Wildman–Crippen MR) is 67.1 cm³/mol. The summed E-state index contributed by atoms with van der Waals surface area (Å²) >= 11 is 0. The van der Waals surface area contributed by atoms with Gasteiger partial charge in [-0.1, -0.05) is 13.3 Å². The van der Waals surface area contributed by atoms with E-state index in [2.05, 4.69) is 12.2 Å². The Balaban J connectivity index is 2.44. The number of carboxylic acid groups (broad SMARTS) is 1. The molecule has 1 aliphatic carbocycles. The maximum Gasteiger partial charge on any atom is 0.323 e. The summed E-state index contributed by atoms with van der Waals surface area (Å²) in [6.07, 6.45) is 4.68. The van der Waals surface area contributed by atoms with Crippen LogP contribution in [0.4, 0.5) is 0 Å². The van der Waals surface area contributed by atoms with E-state index in [1.54, 1.807) is 0 Å². The van der Waals surface area contributed by atoms with E-state index in [0.29, 0.717) is 25.7 Å². The molecule has 0 aromatic carbocycles. The normalized spacial score (nSPS) is 29.2. The Bertz CT molecular complexity index is 235. The lowest BCUT2D eigenvalue weighted by molar-refractivity contribution is -0.147. The summed E-state index contributed by atoms with van der Waals surface area (Å²) in [4.78, 5) is 11.4. The van der Waals surface area contributed by atoms with Gasteiger partial charge < -0.3 is 9.84 Å². The van der Waals surface area contributed by atoms with Crippen LogP contribution in [-0.4, -0.2) is 36.4 Å². The van der Waals surface area contributed by atoms with E-state index in [9.17, 15) is 9.90 Å². The lowest BCUT2D eigenvalue weighted by atomic mass is 9.75. The molecule has 0 spiro atoms. The van der Waals surface area contributed by atoms with Crippen molar-refractivity contribution in [3.63, 3.8) is 0 Å². The van der Waals surface area contributed by atoms with Gasteiger partial charge in [-0.3, -0.25) is 10.1 Å². The molecule has 0 atom stereocenters. The van der Waals surface area contributed by atoms with Crippen LogP contribution < -0.4 is 5.32 Å². The summed E-state index contributed by atoms with van der Waals surface area (Å²) in [6, 6.07) is 0. The molecule has 0 heterocycles. The molecule has 0 saturated heterocycles. The van der Waals surface area contributed by atoms with E-state index in [4.69, 9.17) is 4.74 Å². The summed E-state index contributed by atoms with van der Waals surface area (Å²) in [5.41, 5.74) is -0.706. The zero-order valence-corrected chi connectivity index (χ0v) is 11.0. The molecule has 0 aliphatic heterocycles. The van der Waals surface area contributed by atoms with Crippen LogP contribution in [-0.2, 0) is 9.53 Å². The minimum atomic E-state index is -0.706. The molecule has 2 N–H and O–H groups in total. The lowest BCUT2D eigenvalue weighted by Crippen LogP contribution is -2.55. The number of carbonyl (C=O) groups is 1. The number of rotatable bonds is 7. The maximum absolute atomic E-state index is 11.4. The van der Waals surface area contributed by atoms with E-state index in [-0.39, 0.29) is 0 Å². The van der Waals surface area contributed by atoms with Gasteiger partial charge in [0.05, 0.1) is 6.61 Å². The second kappa shape index (κ2) is 6.97. The van der Waals surface area contributed by atoms with Crippen LogP contribution in [0, 0.1) is 5.92 Å². The minimum absolute atomic E-state index is 0.586. The van der Waals surface area contributed by atoms with Crippen molar-refractivity contribution in [2.75, 3.05) is 19.8 Å². The van der Waals surface area contributed by atoms with Crippen LogP contribution >= 0.6 is 0 Å². The van der Waals surface area contributed by atoms with Crippen LogP contribution in [0.5, 0.6) is 0 Å². The van der Waals surface area contributed by atoms with E-state index < -0.39 is 11.5 Å². The van der Waals surface area contributed by atoms with Gasteiger partial charge in [0.1, 0.15) is 5.54 Å². The van der Waals surface area contributed by atoms with Crippen molar-refractivity contribution < 1.29 is 14.6 Å². The average molecular weight is 243 g/mol. The fourth-order valence-corrected chi connectivity index (χ4v) is 2.55. The minimum Gasteiger partial charge on any atom is -0.480 e. The van der Waals surface area contributed by atoms with E-state index >= 15 is 0 Å². The standard InChI is InChI=1S/C13H25NO3/c1-3-11-5-7-13(8-6-11,12(15)16)14-9-10-17-4-2/h11,14H,3-10H2,1-2H3,(H,15,16). The van der Waals surface area contributed by atoms with Crippen molar-refractivity contribution in [3.8, 4) is 0 Å². The largest absolute Gasteiger partial charge is 0.480 e. The van der Waals surface area contributed by atoms with Crippen molar-refractivity contribution >= 4 is 5.97 Å². The van der Waals surface area contributed by atoms with Gasteiger partial charge in [-0.25, -0.2) is 0 Å². The Labute approximate surface area is 104 Å². The van der Waals surface area contributed by atoms with Crippen LogP contribution in [0.25, 0.3) is 0 Å².